The third-order valence-electron chi connectivity index (χ3n) is 10.6. The Morgan fingerprint density at radius 2 is 1.72 bits per heavy atom. The van der Waals surface area contributed by atoms with Crippen LogP contribution in [0.4, 0.5) is 4.39 Å². The van der Waals surface area contributed by atoms with E-state index in [0.717, 1.165) is 69.8 Å². The van der Waals surface area contributed by atoms with Crippen LogP contribution in [0.3, 0.4) is 0 Å². The van der Waals surface area contributed by atoms with Gasteiger partial charge in [-0.2, -0.15) is 5.10 Å². The van der Waals surface area contributed by atoms with Crippen LogP contribution in [0.5, 0.6) is 0 Å². The first kappa shape index (κ1) is 40.8. The van der Waals surface area contributed by atoms with Crippen LogP contribution >= 0.6 is 37.2 Å². The standard InChI is InChI=1S/C36H55FN4O2.3ClH/c1-6-41-34(22-31(38-41)19-26-11-8-7-9-12-26)27-15-17-40(18-16-27)24-29-21-32(43-35(42)25-39(5)36(2,3)4)23-33(29)28-13-10-14-30(37)20-28;;;/h10,13-14,20,22,26-27,29,32-33H,6-9,11-12,15-19,21,23-25H2,1-5H3;3*1H/t29-,32+,33-;;;/m1.../s1. The number of esters is 1. The van der Waals surface area contributed by atoms with Gasteiger partial charge < -0.3 is 9.64 Å². The monoisotopic (exact) mass is 702 g/mol. The molecule has 0 unspecified atom stereocenters. The molecule has 3 fully saturated rings. The molecule has 2 saturated carbocycles. The molecule has 10 heteroatoms. The van der Waals surface area contributed by atoms with Gasteiger partial charge in [0.05, 0.1) is 12.2 Å². The lowest BCUT2D eigenvalue weighted by Crippen LogP contribution is -2.42. The van der Waals surface area contributed by atoms with Crippen molar-refractivity contribution in [2.75, 3.05) is 33.2 Å². The Morgan fingerprint density at radius 1 is 1.02 bits per heavy atom. The number of hydrogen-bond donors (Lipinski definition) is 0. The molecule has 3 atom stereocenters. The zero-order valence-electron chi connectivity index (χ0n) is 28.6. The van der Waals surface area contributed by atoms with Gasteiger partial charge in [-0.1, -0.05) is 44.2 Å². The molecule has 0 spiro atoms. The maximum Gasteiger partial charge on any atom is 0.320 e. The van der Waals surface area contributed by atoms with Crippen molar-refractivity contribution in [1.82, 2.24) is 19.6 Å². The Hall–Kier alpha value is -1.38. The summed E-state index contributed by atoms with van der Waals surface area (Å²) >= 11 is 0. The summed E-state index contributed by atoms with van der Waals surface area (Å²) < 4.78 is 22.6. The van der Waals surface area contributed by atoms with Crippen LogP contribution < -0.4 is 0 Å². The summed E-state index contributed by atoms with van der Waals surface area (Å²) in [6.45, 7) is 12.8. The Labute approximate surface area is 295 Å². The maximum absolute atomic E-state index is 14.3. The van der Waals surface area contributed by atoms with Gasteiger partial charge in [-0.25, -0.2) is 4.39 Å². The second-order valence-electron chi connectivity index (χ2n) is 14.7. The summed E-state index contributed by atoms with van der Waals surface area (Å²) in [5.74, 6) is 1.52. The molecular formula is C36H58Cl3FN4O2. The highest BCUT2D eigenvalue weighted by Crippen LogP contribution is 2.43. The van der Waals surface area contributed by atoms with E-state index < -0.39 is 0 Å². The van der Waals surface area contributed by atoms with Gasteiger partial charge in [0.2, 0.25) is 0 Å². The van der Waals surface area contributed by atoms with Crippen molar-refractivity contribution in [3.05, 3.63) is 53.1 Å². The van der Waals surface area contributed by atoms with Crippen LogP contribution in [0.2, 0.25) is 0 Å². The fraction of sp³-hybridized carbons (Fsp3) is 0.722. The Kier molecular flexibility index (Phi) is 16.3. The van der Waals surface area contributed by atoms with Crippen LogP contribution in [0.25, 0.3) is 0 Å². The molecule has 262 valence electrons. The molecule has 5 rings (SSSR count). The van der Waals surface area contributed by atoms with Gasteiger partial charge in [0, 0.05) is 30.2 Å². The molecule has 1 saturated heterocycles. The topological polar surface area (TPSA) is 50.6 Å². The minimum absolute atomic E-state index is 0. The molecule has 1 aliphatic heterocycles. The lowest BCUT2D eigenvalue weighted by atomic mass is 9.85. The van der Waals surface area contributed by atoms with E-state index in [4.69, 9.17) is 9.84 Å². The van der Waals surface area contributed by atoms with Crippen molar-refractivity contribution in [3.63, 3.8) is 0 Å². The van der Waals surface area contributed by atoms with Crippen LogP contribution in [-0.2, 0) is 22.5 Å². The molecule has 0 amide bonds. The van der Waals surface area contributed by atoms with E-state index in [1.165, 1.54) is 49.6 Å². The van der Waals surface area contributed by atoms with Crippen molar-refractivity contribution in [3.8, 4) is 0 Å². The zero-order valence-corrected chi connectivity index (χ0v) is 31.0. The Bertz CT molecular complexity index is 1210. The zero-order chi connectivity index (χ0) is 30.6. The van der Waals surface area contributed by atoms with Gasteiger partial charge in [-0.3, -0.25) is 14.4 Å². The fourth-order valence-electron chi connectivity index (χ4n) is 7.77. The number of benzene rings is 1. The van der Waals surface area contributed by atoms with Gasteiger partial charge >= 0.3 is 5.97 Å². The number of carbonyl (C=O) groups is 1. The minimum Gasteiger partial charge on any atom is -0.461 e. The molecule has 1 aromatic heterocycles. The normalized spacial score (nSPS) is 23.0. The predicted molar refractivity (Wildman–Crippen MR) is 192 cm³/mol. The summed E-state index contributed by atoms with van der Waals surface area (Å²) in [4.78, 5) is 17.5. The van der Waals surface area contributed by atoms with Crippen molar-refractivity contribution in [2.45, 2.75) is 122 Å². The van der Waals surface area contributed by atoms with Crippen LogP contribution in [0.1, 0.15) is 114 Å². The van der Waals surface area contributed by atoms with E-state index in [9.17, 15) is 9.18 Å². The third-order valence-corrected chi connectivity index (χ3v) is 10.6. The maximum atomic E-state index is 14.3. The smallest absolute Gasteiger partial charge is 0.320 e. The second kappa shape index (κ2) is 18.4. The largest absolute Gasteiger partial charge is 0.461 e. The first-order valence-electron chi connectivity index (χ1n) is 17.0. The number of likely N-dealkylation sites (tertiary alicyclic amines) is 1. The molecule has 2 aliphatic carbocycles. The molecule has 2 aromatic rings. The molecule has 3 aliphatic rings. The molecule has 0 N–H and O–H groups in total. The predicted octanol–water partition coefficient (Wildman–Crippen LogP) is 8.45. The highest BCUT2D eigenvalue weighted by Gasteiger charge is 2.39. The van der Waals surface area contributed by atoms with Crippen molar-refractivity contribution in [1.29, 1.82) is 0 Å². The van der Waals surface area contributed by atoms with E-state index in [1.54, 1.807) is 6.07 Å². The molecule has 2 heterocycles. The molecular weight excluding hydrogens is 646 g/mol. The summed E-state index contributed by atoms with van der Waals surface area (Å²) in [5.41, 5.74) is 3.66. The van der Waals surface area contributed by atoms with Crippen molar-refractivity contribution < 1.29 is 13.9 Å². The van der Waals surface area contributed by atoms with Gasteiger partial charge in [0.1, 0.15) is 11.9 Å². The van der Waals surface area contributed by atoms with E-state index in [-0.39, 0.29) is 73.1 Å². The molecule has 46 heavy (non-hydrogen) atoms. The average Bonchev–Trinajstić information content (AvgIpc) is 3.57. The highest BCUT2D eigenvalue weighted by atomic mass is 35.5. The highest BCUT2D eigenvalue weighted by molar-refractivity contribution is 5.86. The number of nitrogens with zero attached hydrogens (tertiary/aromatic N) is 4. The van der Waals surface area contributed by atoms with Crippen LogP contribution in [0.15, 0.2) is 30.3 Å². The number of ether oxygens (including phenoxy) is 1. The van der Waals surface area contributed by atoms with Crippen molar-refractivity contribution in [2.24, 2.45) is 11.8 Å². The first-order valence-corrected chi connectivity index (χ1v) is 17.0. The molecule has 0 bridgehead atoms. The minimum atomic E-state index is -0.195. The number of rotatable bonds is 10. The first-order chi connectivity index (χ1) is 20.6. The number of carbonyl (C=O) groups excluding carboxylic acids is 1. The average molecular weight is 704 g/mol. The Morgan fingerprint density at radius 3 is 2.35 bits per heavy atom. The van der Waals surface area contributed by atoms with Crippen molar-refractivity contribution >= 4 is 43.2 Å². The number of piperidine rings is 1. The van der Waals surface area contributed by atoms with E-state index in [0.29, 0.717) is 11.8 Å². The number of likely N-dealkylation sites (N-methyl/N-ethyl adjacent to an activating group) is 1. The fourth-order valence-corrected chi connectivity index (χ4v) is 7.77. The number of halogens is 4. The lowest BCUT2D eigenvalue weighted by Gasteiger charge is -2.35. The van der Waals surface area contributed by atoms with E-state index in [2.05, 4.69) is 43.3 Å². The van der Waals surface area contributed by atoms with Gasteiger partial charge in [0.25, 0.3) is 0 Å². The number of aryl methyl sites for hydroxylation is 1. The van der Waals surface area contributed by atoms with Gasteiger partial charge in [-0.15, -0.1) is 37.2 Å². The number of hydrogen-bond acceptors (Lipinski definition) is 5. The summed E-state index contributed by atoms with van der Waals surface area (Å²) in [6, 6.07) is 9.47. The second-order valence-corrected chi connectivity index (χ2v) is 14.7. The summed E-state index contributed by atoms with van der Waals surface area (Å²) in [7, 11) is 1.96. The molecule has 1 aromatic carbocycles. The lowest BCUT2D eigenvalue weighted by molar-refractivity contribution is -0.151. The molecule has 0 radical (unpaired) electrons. The SMILES string of the molecule is CCn1nc(CC2CCCCC2)cc1C1CCN(C[C@H]2C[C@H](OC(=O)CN(C)C(C)(C)C)C[C@@H]2c2cccc(F)c2)CC1.Cl.Cl.Cl. The van der Waals surface area contributed by atoms with E-state index in [1.807, 2.05) is 24.1 Å². The molecule has 6 nitrogen and oxygen atoms in total. The van der Waals surface area contributed by atoms with Gasteiger partial charge in [-0.05, 0) is 121 Å². The summed E-state index contributed by atoms with van der Waals surface area (Å²) in [5, 5.41) is 5.04. The van der Waals surface area contributed by atoms with Crippen LogP contribution in [0, 0.1) is 17.7 Å². The van der Waals surface area contributed by atoms with Gasteiger partial charge in [0.15, 0.2) is 0 Å². The number of aromatic nitrogens is 2. The quantitative estimate of drug-likeness (QED) is 0.233. The third kappa shape index (κ3) is 10.8. The Balaban J connectivity index is 0.00000245. The van der Waals surface area contributed by atoms with E-state index >= 15 is 0 Å². The van der Waals surface area contributed by atoms with Crippen LogP contribution in [-0.4, -0.2) is 70.4 Å². The summed E-state index contributed by atoms with van der Waals surface area (Å²) in [6.07, 6.45) is 11.8.